The molecule has 2 aliphatic heterocycles. The van der Waals surface area contributed by atoms with E-state index in [9.17, 15) is 22.8 Å². The average Bonchev–Trinajstić information content (AvgIpc) is 3.23. The Kier molecular flexibility index (Phi) is 6.37. The SMILES string of the molecule is CC(C)(C)OC(=O)N1CC2(C1)C(=O)N(Cc1nc3cc(Cl)ccc3n1CCCC(F)(F)F)c1ccccc12. The molecule has 5 rings (SSSR count). The summed E-state index contributed by atoms with van der Waals surface area (Å²) >= 11 is 6.14. The molecule has 2 aromatic carbocycles. The predicted molar refractivity (Wildman–Crippen MR) is 137 cm³/mol. The first-order valence-corrected chi connectivity index (χ1v) is 12.8. The first-order chi connectivity index (χ1) is 17.8. The van der Waals surface area contributed by atoms with Gasteiger partial charge >= 0.3 is 12.3 Å². The summed E-state index contributed by atoms with van der Waals surface area (Å²) in [6.45, 7) is 5.89. The monoisotopic (exact) mass is 548 g/mol. The number of nitrogens with zero attached hydrogens (tertiary/aromatic N) is 4. The van der Waals surface area contributed by atoms with Gasteiger partial charge in [-0.2, -0.15) is 13.2 Å². The number of benzene rings is 2. The van der Waals surface area contributed by atoms with E-state index in [0.29, 0.717) is 27.6 Å². The van der Waals surface area contributed by atoms with Crippen molar-refractivity contribution in [3.05, 3.63) is 58.9 Å². The van der Waals surface area contributed by atoms with Crippen molar-refractivity contribution in [2.45, 2.75) is 63.9 Å². The van der Waals surface area contributed by atoms with E-state index in [2.05, 4.69) is 4.98 Å². The smallest absolute Gasteiger partial charge is 0.410 e. The first-order valence-electron chi connectivity index (χ1n) is 12.4. The molecule has 202 valence electrons. The lowest BCUT2D eigenvalue weighted by molar-refractivity contribution is -0.135. The number of amides is 2. The number of anilines is 1. The zero-order valence-corrected chi connectivity index (χ0v) is 22.1. The molecule has 0 unspecified atom stereocenters. The average molecular weight is 549 g/mol. The highest BCUT2D eigenvalue weighted by atomic mass is 35.5. The Hall–Kier alpha value is -3.27. The normalized spacial score (nSPS) is 16.8. The summed E-state index contributed by atoms with van der Waals surface area (Å²) in [5.41, 5.74) is 1.16. The number of carbonyl (C=O) groups is 2. The summed E-state index contributed by atoms with van der Waals surface area (Å²) in [7, 11) is 0. The van der Waals surface area contributed by atoms with Crippen LogP contribution in [-0.2, 0) is 28.0 Å². The summed E-state index contributed by atoms with van der Waals surface area (Å²) in [4.78, 5) is 34.3. The summed E-state index contributed by atoms with van der Waals surface area (Å²) < 4.78 is 45.8. The molecule has 0 bridgehead atoms. The van der Waals surface area contributed by atoms with Gasteiger partial charge in [-0.1, -0.05) is 29.8 Å². The van der Waals surface area contributed by atoms with Crippen LogP contribution in [0.5, 0.6) is 0 Å². The van der Waals surface area contributed by atoms with Gasteiger partial charge in [-0.25, -0.2) is 9.78 Å². The molecule has 0 atom stereocenters. The largest absolute Gasteiger partial charge is 0.444 e. The topological polar surface area (TPSA) is 67.7 Å². The maximum atomic E-state index is 13.9. The number of para-hydroxylation sites is 1. The number of carbonyl (C=O) groups excluding carboxylic acids is 2. The molecule has 1 fully saturated rings. The number of hydrogen-bond donors (Lipinski definition) is 0. The molecule has 0 N–H and O–H groups in total. The number of imidazole rings is 1. The number of likely N-dealkylation sites (tertiary alicyclic amines) is 1. The standard InChI is InChI=1S/C27H28ClF3N4O3/c1-25(2,3)38-24(37)33-15-26(16-33)18-7-4-5-8-20(18)35(23(26)36)14-22-32-19-13-17(28)9-10-21(19)34(22)12-6-11-27(29,30)31/h4-5,7-10,13H,6,11-12,14-16H2,1-3H3. The maximum absolute atomic E-state index is 13.9. The molecule has 0 saturated carbocycles. The van der Waals surface area contributed by atoms with Gasteiger partial charge in [0.05, 0.1) is 17.6 Å². The molecular formula is C27H28ClF3N4O3. The van der Waals surface area contributed by atoms with Crippen molar-refractivity contribution < 1.29 is 27.5 Å². The van der Waals surface area contributed by atoms with Gasteiger partial charge in [-0.05, 0) is 57.0 Å². The van der Waals surface area contributed by atoms with Gasteiger partial charge in [0.25, 0.3) is 0 Å². The summed E-state index contributed by atoms with van der Waals surface area (Å²) in [5, 5.41) is 0.460. The Balaban J connectivity index is 1.44. The second-order valence-corrected chi connectivity index (χ2v) is 11.3. The molecule has 3 heterocycles. The molecule has 3 aromatic rings. The molecule has 2 aliphatic rings. The molecular weight excluding hydrogens is 521 g/mol. The third kappa shape index (κ3) is 4.81. The Morgan fingerprint density at radius 2 is 1.84 bits per heavy atom. The molecule has 38 heavy (non-hydrogen) atoms. The second-order valence-electron chi connectivity index (χ2n) is 10.9. The number of halogens is 4. The van der Waals surface area contributed by atoms with E-state index in [1.165, 1.54) is 4.90 Å². The van der Waals surface area contributed by atoms with E-state index in [1.54, 1.807) is 48.4 Å². The second kappa shape index (κ2) is 9.18. The summed E-state index contributed by atoms with van der Waals surface area (Å²) in [6.07, 6.45) is -5.78. The van der Waals surface area contributed by atoms with Crippen LogP contribution in [-0.4, -0.2) is 51.3 Å². The van der Waals surface area contributed by atoms with Gasteiger partial charge in [-0.3, -0.25) is 4.79 Å². The zero-order valence-electron chi connectivity index (χ0n) is 21.3. The minimum Gasteiger partial charge on any atom is -0.444 e. The van der Waals surface area contributed by atoms with Crippen molar-refractivity contribution in [2.75, 3.05) is 18.0 Å². The fourth-order valence-corrected chi connectivity index (χ4v) is 5.39. The number of rotatable bonds is 5. The van der Waals surface area contributed by atoms with Gasteiger partial charge < -0.3 is 19.1 Å². The van der Waals surface area contributed by atoms with E-state index < -0.39 is 29.7 Å². The molecule has 0 aliphatic carbocycles. The van der Waals surface area contributed by atoms with Gasteiger partial charge in [0, 0.05) is 36.8 Å². The fourth-order valence-electron chi connectivity index (χ4n) is 5.22. The van der Waals surface area contributed by atoms with E-state index in [4.69, 9.17) is 16.3 Å². The van der Waals surface area contributed by atoms with Crippen molar-refractivity contribution in [1.82, 2.24) is 14.5 Å². The number of aryl methyl sites for hydroxylation is 1. The van der Waals surface area contributed by atoms with Crippen LogP contribution in [0.1, 0.15) is 45.0 Å². The number of alkyl halides is 3. The predicted octanol–water partition coefficient (Wildman–Crippen LogP) is 6.07. The third-order valence-electron chi connectivity index (χ3n) is 6.87. The van der Waals surface area contributed by atoms with Gasteiger partial charge in [0.1, 0.15) is 16.8 Å². The van der Waals surface area contributed by atoms with E-state index >= 15 is 0 Å². The molecule has 7 nitrogen and oxygen atoms in total. The minimum atomic E-state index is -4.26. The first kappa shape index (κ1) is 26.3. The van der Waals surface area contributed by atoms with Gasteiger partial charge in [0.15, 0.2) is 0 Å². The molecule has 11 heteroatoms. The van der Waals surface area contributed by atoms with Crippen LogP contribution in [0, 0.1) is 0 Å². The van der Waals surface area contributed by atoms with E-state index in [1.807, 2.05) is 24.3 Å². The lowest BCUT2D eigenvalue weighted by Crippen LogP contribution is -2.65. The van der Waals surface area contributed by atoms with Crippen LogP contribution >= 0.6 is 11.6 Å². The Morgan fingerprint density at radius 3 is 2.53 bits per heavy atom. The minimum absolute atomic E-state index is 0.0718. The lowest BCUT2D eigenvalue weighted by atomic mass is 9.75. The lowest BCUT2D eigenvalue weighted by Gasteiger charge is -2.46. The molecule has 1 spiro atoms. The highest BCUT2D eigenvalue weighted by Crippen LogP contribution is 2.48. The molecule has 2 amide bonds. The molecule has 0 radical (unpaired) electrons. The maximum Gasteiger partial charge on any atom is 0.410 e. The Bertz CT molecular complexity index is 1410. The third-order valence-corrected chi connectivity index (χ3v) is 7.10. The van der Waals surface area contributed by atoms with Crippen LogP contribution in [0.15, 0.2) is 42.5 Å². The highest BCUT2D eigenvalue weighted by molar-refractivity contribution is 6.31. The van der Waals surface area contributed by atoms with Crippen molar-refractivity contribution in [3.63, 3.8) is 0 Å². The Morgan fingerprint density at radius 1 is 1.13 bits per heavy atom. The number of ether oxygens (including phenoxy) is 1. The quantitative estimate of drug-likeness (QED) is 0.388. The number of hydrogen-bond acceptors (Lipinski definition) is 4. The van der Waals surface area contributed by atoms with Crippen LogP contribution in [0.2, 0.25) is 5.02 Å². The number of aromatic nitrogens is 2. The van der Waals surface area contributed by atoms with Gasteiger partial charge in [-0.15, -0.1) is 0 Å². The van der Waals surface area contributed by atoms with Crippen molar-refractivity contribution in [3.8, 4) is 0 Å². The molecule has 1 aromatic heterocycles. The highest BCUT2D eigenvalue weighted by Gasteiger charge is 2.59. The van der Waals surface area contributed by atoms with Crippen LogP contribution in [0.3, 0.4) is 0 Å². The number of fused-ring (bicyclic) bond motifs is 3. The van der Waals surface area contributed by atoms with E-state index in [0.717, 1.165) is 5.56 Å². The zero-order chi connectivity index (χ0) is 27.5. The van der Waals surface area contributed by atoms with E-state index in [-0.39, 0.29) is 38.5 Å². The van der Waals surface area contributed by atoms with Crippen molar-refractivity contribution in [2.24, 2.45) is 0 Å². The van der Waals surface area contributed by atoms with Crippen LogP contribution in [0.4, 0.5) is 23.7 Å². The van der Waals surface area contributed by atoms with Crippen LogP contribution in [0.25, 0.3) is 11.0 Å². The fraction of sp³-hybridized carbons (Fsp3) is 0.444. The van der Waals surface area contributed by atoms with Crippen molar-refractivity contribution in [1.29, 1.82) is 0 Å². The van der Waals surface area contributed by atoms with Crippen molar-refractivity contribution >= 4 is 40.3 Å². The van der Waals surface area contributed by atoms with Gasteiger partial charge in [0.2, 0.25) is 5.91 Å². The van der Waals surface area contributed by atoms with Crippen LogP contribution < -0.4 is 4.90 Å². The molecule has 1 saturated heterocycles. The Labute approximate surface area is 223 Å². The summed E-state index contributed by atoms with van der Waals surface area (Å²) in [5.74, 6) is 0.290. The summed E-state index contributed by atoms with van der Waals surface area (Å²) in [6, 6.07) is 12.5.